The summed E-state index contributed by atoms with van der Waals surface area (Å²) in [7, 11) is 0. The summed E-state index contributed by atoms with van der Waals surface area (Å²) in [6, 6.07) is 10.4. The maximum absolute atomic E-state index is 6.10. The number of nitrogens with one attached hydrogen (secondary N) is 1. The monoisotopic (exact) mass is 303 g/mol. The minimum Gasteiger partial charge on any atom is -0.379 e. The highest BCUT2D eigenvalue weighted by Gasteiger charge is 2.10. The van der Waals surface area contributed by atoms with Crippen LogP contribution in [0.25, 0.3) is 0 Å². The molecule has 3 rings (SSSR count). The predicted octanol–water partition coefficient (Wildman–Crippen LogP) is 3.18. The van der Waals surface area contributed by atoms with Crippen LogP contribution in [0, 0.1) is 0 Å². The van der Waals surface area contributed by atoms with Crippen molar-refractivity contribution < 1.29 is 4.74 Å². The maximum Gasteiger partial charge on any atom is 0.0718 e. The van der Waals surface area contributed by atoms with Crippen LogP contribution in [-0.2, 0) is 11.3 Å². The van der Waals surface area contributed by atoms with Gasteiger partial charge < -0.3 is 15.0 Å². The molecule has 1 aromatic heterocycles. The second-order valence-electron chi connectivity index (χ2n) is 4.97. The van der Waals surface area contributed by atoms with Crippen molar-refractivity contribution in [1.29, 1.82) is 0 Å². The van der Waals surface area contributed by atoms with Crippen LogP contribution in [0.2, 0.25) is 5.02 Å². The Hall–Kier alpha value is -1.78. The van der Waals surface area contributed by atoms with E-state index >= 15 is 0 Å². The Morgan fingerprint density at radius 1 is 1.14 bits per heavy atom. The second kappa shape index (κ2) is 6.78. The van der Waals surface area contributed by atoms with Gasteiger partial charge in [0.1, 0.15) is 0 Å². The average molecular weight is 304 g/mol. The third-order valence-corrected chi connectivity index (χ3v) is 3.89. The smallest absolute Gasteiger partial charge is 0.0718 e. The lowest BCUT2D eigenvalue weighted by atomic mass is 10.2. The third-order valence-electron chi connectivity index (χ3n) is 3.56. The number of rotatable bonds is 4. The number of halogens is 1. The molecular formula is C16H18ClN3O. The van der Waals surface area contributed by atoms with Crippen molar-refractivity contribution in [2.45, 2.75) is 6.54 Å². The van der Waals surface area contributed by atoms with Gasteiger partial charge in [-0.3, -0.25) is 4.98 Å². The van der Waals surface area contributed by atoms with E-state index in [1.807, 2.05) is 0 Å². The minimum absolute atomic E-state index is 0.690. The first-order valence-corrected chi connectivity index (χ1v) is 7.46. The van der Waals surface area contributed by atoms with Crippen LogP contribution >= 0.6 is 11.6 Å². The molecule has 110 valence electrons. The zero-order chi connectivity index (χ0) is 14.5. The molecule has 1 aromatic carbocycles. The fourth-order valence-electron chi connectivity index (χ4n) is 2.35. The Bertz CT molecular complexity index is 582. The van der Waals surface area contributed by atoms with E-state index in [0.29, 0.717) is 5.02 Å². The van der Waals surface area contributed by atoms with Gasteiger partial charge in [-0.05, 0) is 23.8 Å². The highest BCUT2D eigenvalue weighted by molar-refractivity contribution is 6.33. The fraction of sp³-hybridized carbons (Fsp3) is 0.312. The van der Waals surface area contributed by atoms with Crippen LogP contribution < -0.4 is 10.2 Å². The molecular weight excluding hydrogens is 286 g/mol. The minimum atomic E-state index is 0.690. The van der Waals surface area contributed by atoms with Crippen molar-refractivity contribution in [2.24, 2.45) is 0 Å². The van der Waals surface area contributed by atoms with Crippen molar-refractivity contribution in [2.75, 3.05) is 36.5 Å². The predicted molar refractivity (Wildman–Crippen MR) is 86.0 cm³/mol. The first-order valence-electron chi connectivity index (χ1n) is 7.08. The van der Waals surface area contributed by atoms with Gasteiger partial charge in [-0.1, -0.05) is 23.7 Å². The van der Waals surface area contributed by atoms with Crippen molar-refractivity contribution in [3.8, 4) is 0 Å². The SMILES string of the molecule is Clc1ccncc1NCc1ccc(N2CCOCC2)cc1. The van der Waals surface area contributed by atoms with E-state index in [0.717, 1.165) is 38.5 Å². The molecule has 0 unspecified atom stereocenters. The molecule has 1 aliphatic heterocycles. The normalized spacial score (nSPS) is 15.0. The summed E-state index contributed by atoms with van der Waals surface area (Å²) in [6.45, 7) is 4.27. The molecule has 0 radical (unpaired) electrons. The molecule has 0 aliphatic carbocycles. The number of aromatic nitrogens is 1. The van der Waals surface area contributed by atoms with Gasteiger partial charge in [-0.25, -0.2) is 0 Å². The van der Waals surface area contributed by atoms with E-state index in [2.05, 4.69) is 39.5 Å². The van der Waals surface area contributed by atoms with Gasteiger partial charge in [0.25, 0.3) is 0 Å². The number of hydrogen-bond acceptors (Lipinski definition) is 4. The van der Waals surface area contributed by atoms with Gasteiger partial charge in [-0.15, -0.1) is 0 Å². The van der Waals surface area contributed by atoms with Crippen LogP contribution in [0.1, 0.15) is 5.56 Å². The number of anilines is 2. The summed E-state index contributed by atoms with van der Waals surface area (Å²) in [5, 5.41) is 3.99. The van der Waals surface area contributed by atoms with E-state index in [9.17, 15) is 0 Å². The molecule has 2 heterocycles. The van der Waals surface area contributed by atoms with Gasteiger partial charge in [0, 0.05) is 31.5 Å². The molecule has 1 fully saturated rings. The first-order chi connectivity index (χ1) is 10.3. The number of pyridine rings is 1. The van der Waals surface area contributed by atoms with E-state index < -0.39 is 0 Å². The van der Waals surface area contributed by atoms with Crippen LogP contribution in [0.3, 0.4) is 0 Å². The second-order valence-corrected chi connectivity index (χ2v) is 5.38. The number of ether oxygens (including phenoxy) is 1. The van der Waals surface area contributed by atoms with Gasteiger partial charge in [0.2, 0.25) is 0 Å². The Kier molecular flexibility index (Phi) is 4.58. The molecule has 21 heavy (non-hydrogen) atoms. The molecule has 5 heteroatoms. The zero-order valence-corrected chi connectivity index (χ0v) is 12.5. The lowest BCUT2D eigenvalue weighted by Crippen LogP contribution is -2.36. The number of morpholine rings is 1. The molecule has 1 aliphatic rings. The van der Waals surface area contributed by atoms with Crippen LogP contribution in [0.4, 0.5) is 11.4 Å². The highest BCUT2D eigenvalue weighted by atomic mass is 35.5. The Morgan fingerprint density at radius 2 is 1.90 bits per heavy atom. The van der Waals surface area contributed by atoms with Crippen molar-refractivity contribution in [3.05, 3.63) is 53.3 Å². The summed E-state index contributed by atoms with van der Waals surface area (Å²) >= 11 is 6.10. The molecule has 2 aromatic rings. The number of hydrogen-bond donors (Lipinski definition) is 1. The van der Waals surface area contributed by atoms with Gasteiger partial charge in [-0.2, -0.15) is 0 Å². The summed E-state index contributed by atoms with van der Waals surface area (Å²) in [5.74, 6) is 0. The van der Waals surface area contributed by atoms with Gasteiger partial charge in [0.05, 0.1) is 30.1 Å². The number of nitrogens with zero attached hydrogens (tertiary/aromatic N) is 2. The molecule has 0 spiro atoms. The molecule has 1 N–H and O–H groups in total. The quantitative estimate of drug-likeness (QED) is 0.941. The van der Waals surface area contributed by atoms with Crippen molar-refractivity contribution >= 4 is 23.0 Å². The molecule has 1 saturated heterocycles. The molecule has 0 bridgehead atoms. The number of benzene rings is 1. The molecule has 4 nitrogen and oxygen atoms in total. The van der Waals surface area contributed by atoms with E-state index in [-0.39, 0.29) is 0 Å². The lowest BCUT2D eigenvalue weighted by Gasteiger charge is -2.28. The largest absolute Gasteiger partial charge is 0.379 e. The van der Waals surface area contributed by atoms with Crippen LogP contribution in [0.15, 0.2) is 42.7 Å². The van der Waals surface area contributed by atoms with Crippen LogP contribution in [-0.4, -0.2) is 31.3 Å². The van der Waals surface area contributed by atoms with Gasteiger partial charge >= 0.3 is 0 Å². The Balaban J connectivity index is 1.60. The third kappa shape index (κ3) is 3.65. The fourth-order valence-corrected chi connectivity index (χ4v) is 2.52. The summed E-state index contributed by atoms with van der Waals surface area (Å²) in [4.78, 5) is 6.41. The highest BCUT2D eigenvalue weighted by Crippen LogP contribution is 2.21. The summed E-state index contributed by atoms with van der Waals surface area (Å²) in [5.41, 5.74) is 3.32. The zero-order valence-electron chi connectivity index (χ0n) is 11.8. The first kappa shape index (κ1) is 14.2. The summed E-state index contributed by atoms with van der Waals surface area (Å²) < 4.78 is 5.37. The van der Waals surface area contributed by atoms with Crippen molar-refractivity contribution in [1.82, 2.24) is 4.98 Å². The van der Waals surface area contributed by atoms with Crippen LogP contribution in [0.5, 0.6) is 0 Å². The standard InChI is InChI=1S/C16H18ClN3O/c17-15-5-6-18-12-16(15)19-11-13-1-3-14(4-2-13)20-7-9-21-10-8-20/h1-6,12,19H,7-11H2. The van der Waals surface area contributed by atoms with E-state index in [1.165, 1.54) is 11.3 Å². The maximum atomic E-state index is 6.10. The topological polar surface area (TPSA) is 37.4 Å². The average Bonchev–Trinajstić information content (AvgIpc) is 2.55. The summed E-state index contributed by atoms with van der Waals surface area (Å²) in [6.07, 6.45) is 3.43. The van der Waals surface area contributed by atoms with E-state index in [1.54, 1.807) is 18.5 Å². The Morgan fingerprint density at radius 3 is 2.62 bits per heavy atom. The lowest BCUT2D eigenvalue weighted by molar-refractivity contribution is 0.122. The van der Waals surface area contributed by atoms with Gasteiger partial charge in [0.15, 0.2) is 0 Å². The molecule has 0 atom stereocenters. The molecule has 0 saturated carbocycles. The van der Waals surface area contributed by atoms with E-state index in [4.69, 9.17) is 16.3 Å². The van der Waals surface area contributed by atoms with Crippen molar-refractivity contribution in [3.63, 3.8) is 0 Å². The molecule has 0 amide bonds. The Labute approximate surface area is 129 Å².